The Morgan fingerprint density at radius 3 is 2.62 bits per heavy atom. The molecule has 1 aliphatic heterocycles. The fraction of sp³-hybridized carbons (Fsp3) is 0.462. The Labute approximate surface area is 95.6 Å². The molecule has 0 aliphatic carbocycles. The maximum Gasteiger partial charge on any atom is 0.123 e. The van der Waals surface area contributed by atoms with Crippen LogP contribution in [0.25, 0.3) is 0 Å². The molecule has 3 nitrogen and oxygen atoms in total. The summed E-state index contributed by atoms with van der Waals surface area (Å²) >= 11 is 0. The maximum atomic E-state index is 9.45. The molecule has 1 aromatic rings. The topological polar surface area (TPSA) is 42.2 Å². The van der Waals surface area contributed by atoms with Crippen LogP contribution in [0.3, 0.4) is 0 Å². The third-order valence-corrected chi connectivity index (χ3v) is 3.18. The van der Waals surface area contributed by atoms with Crippen LogP contribution in [-0.2, 0) is 10.2 Å². The van der Waals surface area contributed by atoms with Crippen molar-refractivity contribution >= 4 is 0 Å². The molecule has 2 rings (SSSR count). The van der Waals surface area contributed by atoms with Crippen LogP contribution in [0.5, 0.6) is 5.75 Å². The number of hydrogen-bond acceptors (Lipinski definition) is 3. The Morgan fingerprint density at radius 2 is 2.00 bits per heavy atom. The van der Waals surface area contributed by atoms with E-state index in [9.17, 15) is 5.26 Å². The Balaban J connectivity index is 2.43. The Bertz CT molecular complexity index is 403. The lowest BCUT2D eigenvalue weighted by molar-refractivity contribution is 0.0668. The van der Waals surface area contributed by atoms with Gasteiger partial charge in [0.2, 0.25) is 0 Å². The SMILES string of the molecule is COc1ccccc1C1(C#N)CCOCC1. The number of methoxy groups -OCH3 is 1. The highest BCUT2D eigenvalue weighted by molar-refractivity contribution is 5.44. The van der Waals surface area contributed by atoms with Gasteiger partial charge in [-0.2, -0.15) is 5.26 Å². The number of rotatable bonds is 2. The predicted octanol–water partition coefficient (Wildman–Crippen LogP) is 2.27. The summed E-state index contributed by atoms with van der Waals surface area (Å²) in [7, 11) is 1.64. The molecule has 0 atom stereocenters. The zero-order chi connectivity index (χ0) is 11.4. The van der Waals surface area contributed by atoms with Crippen molar-refractivity contribution in [2.24, 2.45) is 0 Å². The highest BCUT2D eigenvalue weighted by Gasteiger charge is 2.36. The fourth-order valence-electron chi connectivity index (χ4n) is 2.20. The highest BCUT2D eigenvalue weighted by Crippen LogP contribution is 2.38. The summed E-state index contributed by atoms with van der Waals surface area (Å²) in [6.45, 7) is 1.29. The average molecular weight is 217 g/mol. The Morgan fingerprint density at radius 1 is 1.31 bits per heavy atom. The first-order valence-electron chi connectivity index (χ1n) is 5.45. The van der Waals surface area contributed by atoms with Gasteiger partial charge in [-0.15, -0.1) is 0 Å². The summed E-state index contributed by atoms with van der Waals surface area (Å²) in [5.41, 5.74) is 0.550. The van der Waals surface area contributed by atoms with Gasteiger partial charge in [-0.3, -0.25) is 0 Å². The van der Waals surface area contributed by atoms with Gasteiger partial charge in [0.25, 0.3) is 0 Å². The minimum Gasteiger partial charge on any atom is -0.496 e. The second-order valence-electron chi connectivity index (χ2n) is 4.01. The minimum absolute atomic E-state index is 0.440. The van der Waals surface area contributed by atoms with Crippen LogP contribution in [0.2, 0.25) is 0 Å². The molecule has 16 heavy (non-hydrogen) atoms. The van der Waals surface area contributed by atoms with Gasteiger partial charge >= 0.3 is 0 Å². The van der Waals surface area contributed by atoms with Crippen molar-refractivity contribution in [3.05, 3.63) is 29.8 Å². The summed E-state index contributed by atoms with van der Waals surface area (Å²) in [6.07, 6.45) is 1.48. The average Bonchev–Trinajstić information content (AvgIpc) is 2.39. The van der Waals surface area contributed by atoms with Crippen molar-refractivity contribution in [2.45, 2.75) is 18.3 Å². The van der Waals surface area contributed by atoms with E-state index in [4.69, 9.17) is 9.47 Å². The number of hydrogen-bond donors (Lipinski definition) is 0. The third-order valence-electron chi connectivity index (χ3n) is 3.18. The van der Waals surface area contributed by atoms with E-state index in [0.29, 0.717) is 13.2 Å². The van der Waals surface area contributed by atoms with E-state index in [1.165, 1.54) is 0 Å². The quantitative estimate of drug-likeness (QED) is 0.763. The summed E-state index contributed by atoms with van der Waals surface area (Å²) < 4.78 is 10.7. The van der Waals surface area contributed by atoms with Gasteiger partial charge in [-0.25, -0.2) is 0 Å². The van der Waals surface area contributed by atoms with E-state index >= 15 is 0 Å². The molecule has 1 aliphatic rings. The molecule has 0 aromatic heterocycles. The number of nitriles is 1. The van der Waals surface area contributed by atoms with Crippen LogP contribution < -0.4 is 4.74 Å². The molecule has 0 saturated carbocycles. The molecule has 1 fully saturated rings. The smallest absolute Gasteiger partial charge is 0.123 e. The van der Waals surface area contributed by atoms with E-state index < -0.39 is 5.41 Å². The monoisotopic (exact) mass is 217 g/mol. The van der Waals surface area contributed by atoms with Crippen molar-refractivity contribution in [3.63, 3.8) is 0 Å². The number of benzene rings is 1. The first kappa shape index (κ1) is 11.0. The number of ether oxygens (including phenoxy) is 2. The Kier molecular flexibility index (Phi) is 3.12. The molecule has 1 aromatic carbocycles. The van der Waals surface area contributed by atoms with E-state index in [-0.39, 0.29) is 0 Å². The van der Waals surface area contributed by atoms with Crippen molar-refractivity contribution in [1.82, 2.24) is 0 Å². The lowest BCUT2D eigenvalue weighted by Gasteiger charge is -2.32. The molecule has 0 bridgehead atoms. The molecular formula is C13H15NO2. The fourth-order valence-corrected chi connectivity index (χ4v) is 2.20. The minimum atomic E-state index is -0.440. The lowest BCUT2D eigenvalue weighted by atomic mass is 9.75. The van der Waals surface area contributed by atoms with Crippen LogP contribution in [0, 0.1) is 11.3 Å². The van der Waals surface area contributed by atoms with Crippen molar-refractivity contribution < 1.29 is 9.47 Å². The summed E-state index contributed by atoms with van der Waals surface area (Å²) in [6, 6.07) is 10.2. The molecule has 0 radical (unpaired) electrons. The number of para-hydroxylation sites is 1. The zero-order valence-electron chi connectivity index (χ0n) is 9.40. The predicted molar refractivity (Wildman–Crippen MR) is 60.3 cm³/mol. The maximum absolute atomic E-state index is 9.45. The van der Waals surface area contributed by atoms with Gasteiger partial charge in [0.1, 0.15) is 5.75 Å². The van der Waals surface area contributed by atoms with Gasteiger partial charge in [0.05, 0.1) is 18.6 Å². The lowest BCUT2D eigenvalue weighted by Crippen LogP contribution is -2.32. The van der Waals surface area contributed by atoms with Gasteiger partial charge in [-0.1, -0.05) is 18.2 Å². The van der Waals surface area contributed by atoms with Crippen molar-refractivity contribution in [1.29, 1.82) is 5.26 Å². The zero-order valence-corrected chi connectivity index (χ0v) is 9.40. The summed E-state index contributed by atoms with van der Waals surface area (Å²) in [4.78, 5) is 0. The van der Waals surface area contributed by atoms with Crippen LogP contribution in [0.1, 0.15) is 18.4 Å². The first-order valence-corrected chi connectivity index (χ1v) is 5.45. The Hall–Kier alpha value is -1.53. The van der Waals surface area contributed by atoms with Crippen LogP contribution in [-0.4, -0.2) is 20.3 Å². The van der Waals surface area contributed by atoms with Crippen LogP contribution >= 0.6 is 0 Å². The van der Waals surface area contributed by atoms with Crippen molar-refractivity contribution in [2.75, 3.05) is 20.3 Å². The summed E-state index contributed by atoms with van der Waals surface area (Å²) in [5.74, 6) is 0.797. The van der Waals surface area contributed by atoms with Crippen LogP contribution in [0.4, 0.5) is 0 Å². The van der Waals surface area contributed by atoms with E-state index in [0.717, 1.165) is 24.2 Å². The second kappa shape index (κ2) is 4.54. The molecular weight excluding hydrogens is 202 g/mol. The number of nitrogens with zero attached hydrogens (tertiary/aromatic N) is 1. The molecule has 3 heteroatoms. The van der Waals surface area contributed by atoms with Crippen LogP contribution in [0.15, 0.2) is 24.3 Å². The molecule has 84 valence electrons. The molecule has 1 saturated heterocycles. The van der Waals surface area contributed by atoms with E-state index in [1.807, 2.05) is 24.3 Å². The molecule has 0 N–H and O–H groups in total. The van der Waals surface area contributed by atoms with Gasteiger partial charge in [-0.05, 0) is 18.9 Å². The molecule has 0 spiro atoms. The highest BCUT2D eigenvalue weighted by atomic mass is 16.5. The largest absolute Gasteiger partial charge is 0.496 e. The van der Waals surface area contributed by atoms with E-state index in [2.05, 4.69) is 6.07 Å². The van der Waals surface area contributed by atoms with Gasteiger partial charge in [0, 0.05) is 18.8 Å². The standard InChI is InChI=1S/C13H15NO2/c1-15-12-5-3-2-4-11(12)13(10-14)6-8-16-9-7-13/h2-5H,6-9H2,1H3. The normalized spacial score (nSPS) is 18.8. The molecule has 0 unspecified atom stereocenters. The van der Waals surface area contributed by atoms with Gasteiger partial charge in [0.15, 0.2) is 0 Å². The second-order valence-corrected chi connectivity index (χ2v) is 4.01. The third kappa shape index (κ3) is 1.77. The molecule has 0 amide bonds. The van der Waals surface area contributed by atoms with E-state index in [1.54, 1.807) is 7.11 Å². The molecule has 1 heterocycles. The first-order chi connectivity index (χ1) is 7.82. The summed E-state index contributed by atoms with van der Waals surface area (Å²) in [5, 5.41) is 9.45. The van der Waals surface area contributed by atoms with Gasteiger partial charge < -0.3 is 9.47 Å². The van der Waals surface area contributed by atoms with Crippen molar-refractivity contribution in [3.8, 4) is 11.8 Å².